The van der Waals surface area contributed by atoms with Crippen molar-refractivity contribution in [3.05, 3.63) is 12.2 Å². The second-order valence-electron chi connectivity index (χ2n) is 3.32. The van der Waals surface area contributed by atoms with Crippen LogP contribution in [0.4, 0.5) is 0 Å². The molecular weight excluding hydrogens is 108 g/mol. The van der Waals surface area contributed by atoms with E-state index in [9.17, 15) is 0 Å². The summed E-state index contributed by atoms with van der Waals surface area (Å²) in [4.78, 5) is 0. The van der Waals surface area contributed by atoms with E-state index in [4.69, 9.17) is 0 Å². The van der Waals surface area contributed by atoms with Crippen molar-refractivity contribution in [1.29, 1.82) is 0 Å². The van der Waals surface area contributed by atoms with E-state index in [1.165, 1.54) is 19.3 Å². The van der Waals surface area contributed by atoms with Crippen LogP contribution < -0.4 is 0 Å². The van der Waals surface area contributed by atoms with E-state index in [0.717, 1.165) is 11.8 Å². The first-order valence-corrected chi connectivity index (χ1v) is 3.95. The molecule has 0 spiro atoms. The molecule has 0 aromatic heterocycles. The molecule has 0 saturated carbocycles. The van der Waals surface area contributed by atoms with Gasteiger partial charge in [-0.25, -0.2) is 0 Å². The van der Waals surface area contributed by atoms with Crippen molar-refractivity contribution in [3.63, 3.8) is 0 Å². The minimum absolute atomic E-state index is 0.822. The summed E-state index contributed by atoms with van der Waals surface area (Å²) >= 11 is 0. The van der Waals surface area contributed by atoms with Crippen molar-refractivity contribution in [3.8, 4) is 0 Å². The highest BCUT2D eigenvalue weighted by atomic mass is 14.1. The van der Waals surface area contributed by atoms with Gasteiger partial charge in [-0.3, -0.25) is 0 Å². The summed E-state index contributed by atoms with van der Waals surface area (Å²) in [5, 5.41) is 0. The van der Waals surface area contributed by atoms with Crippen LogP contribution in [0.15, 0.2) is 12.2 Å². The fourth-order valence-corrected chi connectivity index (χ4v) is 1.54. The molecule has 1 rings (SSSR count). The van der Waals surface area contributed by atoms with Crippen LogP contribution in [0.1, 0.15) is 33.1 Å². The van der Waals surface area contributed by atoms with E-state index in [1.54, 1.807) is 0 Å². The van der Waals surface area contributed by atoms with E-state index in [2.05, 4.69) is 26.0 Å². The van der Waals surface area contributed by atoms with Crippen LogP contribution in [-0.2, 0) is 0 Å². The largest absolute Gasteiger partial charge is 0.0883 e. The smallest absolute Gasteiger partial charge is 0.0259 e. The molecule has 0 amide bonds. The molecule has 1 aliphatic rings. The first kappa shape index (κ1) is 6.85. The Labute approximate surface area is 58.0 Å². The molecule has 0 N–H and O–H groups in total. The van der Waals surface area contributed by atoms with E-state index >= 15 is 0 Å². The third-order valence-electron chi connectivity index (χ3n) is 2.06. The van der Waals surface area contributed by atoms with Gasteiger partial charge in [-0.15, -0.1) is 0 Å². The van der Waals surface area contributed by atoms with Crippen molar-refractivity contribution in [2.75, 3.05) is 0 Å². The summed E-state index contributed by atoms with van der Waals surface area (Å²) in [6.45, 7) is 4.65. The molecule has 0 aromatic rings. The zero-order valence-corrected chi connectivity index (χ0v) is 6.43. The number of allylic oxidation sites excluding steroid dienone is 2. The monoisotopic (exact) mass is 124 g/mol. The molecule has 2 atom stereocenters. The summed E-state index contributed by atoms with van der Waals surface area (Å²) in [6, 6.07) is 0. The Kier molecular flexibility index (Phi) is 2.32. The standard InChI is InChI=1S/C9H16/c1-8-5-3-4-6-9(2)7-8/h3,5,8-9H,4,6-7H2,1-2H3/t8-,9+/m1/s1. The molecule has 0 nitrogen and oxygen atoms in total. The Balaban J connectivity index is 2.40. The van der Waals surface area contributed by atoms with Crippen LogP contribution in [0.3, 0.4) is 0 Å². The molecule has 0 heterocycles. The van der Waals surface area contributed by atoms with Gasteiger partial charge < -0.3 is 0 Å². The SMILES string of the molecule is C[C@H]1CCC=C[C@@H](C)C1. The lowest BCUT2D eigenvalue weighted by Gasteiger charge is -2.09. The fourth-order valence-electron chi connectivity index (χ4n) is 1.54. The molecule has 0 bridgehead atoms. The van der Waals surface area contributed by atoms with Crippen LogP contribution in [-0.4, -0.2) is 0 Å². The van der Waals surface area contributed by atoms with Crippen molar-refractivity contribution in [1.82, 2.24) is 0 Å². The highest BCUT2D eigenvalue weighted by molar-refractivity contribution is 4.90. The third-order valence-corrected chi connectivity index (χ3v) is 2.06. The Morgan fingerprint density at radius 1 is 1.33 bits per heavy atom. The Morgan fingerprint density at radius 2 is 2.11 bits per heavy atom. The Hall–Kier alpha value is -0.260. The van der Waals surface area contributed by atoms with Gasteiger partial charge in [-0.1, -0.05) is 26.0 Å². The van der Waals surface area contributed by atoms with Gasteiger partial charge in [0, 0.05) is 0 Å². The van der Waals surface area contributed by atoms with E-state index in [1.807, 2.05) is 0 Å². The minimum atomic E-state index is 0.822. The van der Waals surface area contributed by atoms with Crippen LogP contribution >= 0.6 is 0 Å². The van der Waals surface area contributed by atoms with E-state index in [-0.39, 0.29) is 0 Å². The lowest BCUT2D eigenvalue weighted by Crippen LogP contribution is -1.97. The summed E-state index contributed by atoms with van der Waals surface area (Å²) < 4.78 is 0. The van der Waals surface area contributed by atoms with Crippen LogP contribution in [0.25, 0.3) is 0 Å². The van der Waals surface area contributed by atoms with Gasteiger partial charge in [0.1, 0.15) is 0 Å². The molecule has 0 aliphatic heterocycles. The van der Waals surface area contributed by atoms with Gasteiger partial charge >= 0.3 is 0 Å². The molecule has 1 aliphatic carbocycles. The molecule has 0 unspecified atom stereocenters. The van der Waals surface area contributed by atoms with Gasteiger partial charge in [0.15, 0.2) is 0 Å². The van der Waals surface area contributed by atoms with Gasteiger partial charge in [-0.05, 0) is 31.1 Å². The van der Waals surface area contributed by atoms with Gasteiger partial charge in [0.05, 0.1) is 0 Å². The average molecular weight is 124 g/mol. The quantitative estimate of drug-likeness (QED) is 0.435. The molecule has 0 saturated heterocycles. The van der Waals surface area contributed by atoms with E-state index in [0.29, 0.717) is 0 Å². The van der Waals surface area contributed by atoms with Gasteiger partial charge in [0.25, 0.3) is 0 Å². The Morgan fingerprint density at radius 3 is 2.89 bits per heavy atom. The predicted molar refractivity (Wildman–Crippen MR) is 41.3 cm³/mol. The normalized spacial score (nSPS) is 36.2. The second-order valence-corrected chi connectivity index (χ2v) is 3.32. The second kappa shape index (κ2) is 3.05. The lowest BCUT2D eigenvalue weighted by molar-refractivity contribution is 0.455. The maximum Gasteiger partial charge on any atom is -0.0259 e. The molecule has 0 radical (unpaired) electrons. The molecule has 0 heteroatoms. The molecule has 52 valence electrons. The summed E-state index contributed by atoms with van der Waals surface area (Å²) in [5.41, 5.74) is 0. The van der Waals surface area contributed by atoms with Crippen molar-refractivity contribution in [2.45, 2.75) is 33.1 Å². The molecule has 0 fully saturated rings. The summed E-state index contributed by atoms with van der Waals surface area (Å²) in [6.07, 6.45) is 8.75. The first-order chi connectivity index (χ1) is 4.29. The van der Waals surface area contributed by atoms with Crippen LogP contribution in [0, 0.1) is 11.8 Å². The highest BCUT2D eigenvalue weighted by Crippen LogP contribution is 2.21. The predicted octanol–water partition coefficient (Wildman–Crippen LogP) is 3.00. The molecule has 9 heavy (non-hydrogen) atoms. The van der Waals surface area contributed by atoms with Crippen LogP contribution in [0.2, 0.25) is 0 Å². The lowest BCUT2D eigenvalue weighted by atomic mass is 9.97. The van der Waals surface area contributed by atoms with Crippen molar-refractivity contribution < 1.29 is 0 Å². The van der Waals surface area contributed by atoms with Crippen LogP contribution in [0.5, 0.6) is 0 Å². The van der Waals surface area contributed by atoms with Crippen molar-refractivity contribution >= 4 is 0 Å². The zero-order valence-electron chi connectivity index (χ0n) is 6.43. The number of rotatable bonds is 0. The van der Waals surface area contributed by atoms with Crippen molar-refractivity contribution in [2.24, 2.45) is 11.8 Å². The molecule has 0 aromatic carbocycles. The summed E-state index contributed by atoms with van der Waals surface area (Å²) in [5.74, 6) is 1.76. The number of hydrogen-bond donors (Lipinski definition) is 0. The number of hydrogen-bond acceptors (Lipinski definition) is 0. The highest BCUT2D eigenvalue weighted by Gasteiger charge is 2.07. The average Bonchev–Trinajstić information content (AvgIpc) is 1.93. The zero-order chi connectivity index (χ0) is 6.69. The first-order valence-electron chi connectivity index (χ1n) is 3.95. The Bertz CT molecular complexity index is 103. The summed E-state index contributed by atoms with van der Waals surface area (Å²) in [7, 11) is 0. The maximum absolute atomic E-state index is 2.35. The third kappa shape index (κ3) is 2.21. The molecular formula is C9H16. The van der Waals surface area contributed by atoms with E-state index < -0.39 is 0 Å². The maximum atomic E-state index is 2.35. The van der Waals surface area contributed by atoms with Gasteiger partial charge in [-0.2, -0.15) is 0 Å². The van der Waals surface area contributed by atoms with Gasteiger partial charge in [0.2, 0.25) is 0 Å². The topological polar surface area (TPSA) is 0 Å². The fraction of sp³-hybridized carbons (Fsp3) is 0.778. The minimum Gasteiger partial charge on any atom is -0.0883 e.